The van der Waals surface area contributed by atoms with Gasteiger partial charge >= 0.3 is 0 Å². The fourth-order valence-electron chi connectivity index (χ4n) is 1.54. The number of rotatable bonds is 2. The zero-order valence-corrected chi connectivity index (χ0v) is 9.42. The van der Waals surface area contributed by atoms with Crippen molar-refractivity contribution < 1.29 is 13.3 Å². The molecule has 3 rings (SSSR count). The second-order valence-corrected chi connectivity index (χ2v) is 3.65. The molecule has 6 heteroatoms. The van der Waals surface area contributed by atoms with E-state index in [0.717, 1.165) is 0 Å². The summed E-state index contributed by atoms with van der Waals surface area (Å²) in [6, 6.07) is 6.22. The summed E-state index contributed by atoms with van der Waals surface area (Å²) in [6.07, 6.45) is 1.41. The lowest BCUT2D eigenvalue weighted by molar-refractivity contribution is 0.430. The molecule has 1 aromatic carbocycles. The minimum atomic E-state index is -0.402. The van der Waals surface area contributed by atoms with E-state index in [1.54, 1.807) is 25.1 Å². The Morgan fingerprint density at radius 2 is 2.00 bits per heavy atom. The number of hydrogen-bond acceptors (Lipinski definition) is 5. The molecule has 0 spiro atoms. The molecule has 0 fully saturated rings. The molecule has 2 aromatic heterocycles. The number of oxazole rings is 1. The van der Waals surface area contributed by atoms with Gasteiger partial charge in [0, 0.05) is 6.92 Å². The number of nitrogens with zero attached hydrogens (tertiary/aromatic N) is 3. The van der Waals surface area contributed by atoms with Crippen LogP contribution in [-0.2, 0) is 0 Å². The summed E-state index contributed by atoms with van der Waals surface area (Å²) in [4.78, 5) is 8.14. The number of aryl methyl sites for hydroxylation is 1. The van der Waals surface area contributed by atoms with Crippen LogP contribution in [0.1, 0.15) is 5.89 Å². The molecular formula is C12H8FN3O2. The summed E-state index contributed by atoms with van der Waals surface area (Å²) in [5.74, 6) is 0.477. The highest BCUT2D eigenvalue weighted by Gasteiger charge is 2.15. The van der Waals surface area contributed by atoms with Crippen LogP contribution in [0.3, 0.4) is 0 Å². The van der Waals surface area contributed by atoms with Gasteiger partial charge in [0.2, 0.25) is 5.82 Å². The van der Waals surface area contributed by atoms with Crippen LogP contribution in [0.5, 0.6) is 0 Å². The average molecular weight is 245 g/mol. The number of hydrogen-bond donors (Lipinski definition) is 0. The zero-order valence-electron chi connectivity index (χ0n) is 9.42. The molecule has 0 aliphatic carbocycles. The molecule has 0 amide bonds. The third-order valence-electron chi connectivity index (χ3n) is 2.38. The Hall–Kier alpha value is -2.50. The van der Waals surface area contributed by atoms with Crippen LogP contribution >= 0.6 is 0 Å². The van der Waals surface area contributed by atoms with E-state index in [9.17, 15) is 4.39 Å². The molecule has 0 saturated heterocycles. The van der Waals surface area contributed by atoms with E-state index in [-0.39, 0.29) is 17.3 Å². The van der Waals surface area contributed by atoms with Gasteiger partial charge in [-0.1, -0.05) is 17.3 Å². The van der Waals surface area contributed by atoms with Crippen LogP contribution in [0.4, 0.5) is 4.39 Å². The van der Waals surface area contributed by atoms with Gasteiger partial charge in [-0.2, -0.15) is 4.98 Å². The van der Waals surface area contributed by atoms with E-state index in [2.05, 4.69) is 15.1 Å². The highest BCUT2D eigenvalue weighted by atomic mass is 19.1. The molecule has 0 saturated carbocycles. The lowest BCUT2D eigenvalue weighted by atomic mass is 10.2. The second kappa shape index (κ2) is 4.06. The lowest BCUT2D eigenvalue weighted by Gasteiger charge is -1.94. The van der Waals surface area contributed by atoms with Crippen molar-refractivity contribution in [2.45, 2.75) is 6.92 Å². The maximum Gasteiger partial charge on any atom is 0.280 e. The minimum absolute atomic E-state index is 0.184. The Morgan fingerprint density at radius 3 is 2.72 bits per heavy atom. The van der Waals surface area contributed by atoms with E-state index in [1.165, 1.54) is 12.3 Å². The summed E-state index contributed by atoms with van der Waals surface area (Å²) in [5, 5.41) is 3.73. The maximum atomic E-state index is 13.5. The van der Waals surface area contributed by atoms with Crippen molar-refractivity contribution in [1.82, 2.24) is 15.1 Å². The first kappa shape index (κ1) is 10.6. The fraction of sp³-hybridized carbons (Fsp3) is 0.0833. The van der Waals surface area contributed by atoms with Gasteiger partial charge in [-0.3, -0.25) is 0 Å². The van der Waals surface area contributed by atoms with E-state index >= 15 is 0 Å². The van der Waals surface area contributed by atoms with Gasteiger partial charge in [-0.05, 0) is 12.1 Å². The molecule has 0 radical (unpaired) electrons. The van der Waals surface area contributed by atoms with Crippen molar-refractivity contribution in [3.63, 3.8) is 0 Å². The predicted molar refractivity (Wildman–Crippen MR) is 59.9 cm³/mol. The predicted octanol–water partition coefficient (Wildman–Crippen LogP) is 2.84. The molecule has 2 heterocycles. The van der Waals surface area contributed by atoms with Crippen molar-refractivity contribution in [2.75, 3.05) is 0 Å². The maximum absolute atomic E-state index is 13.5. The Kier molecular flexibility index (Phi) is 2.40. The molecule has 0 bridgehead atoms. The summed E-state index contributed by atoms with van der Waals surface area (Å²) >= 11 is 0. The van der Waals surface area contributed by atoms with E-state index in [0.29, 0.717) is 11.6 Å². The SMILES string of the molecule is Cc1nc(-c2nc(-c3ccccc3F)no2)co1. The lowest BCUT2D eigenvalue weighted by Crippen LogP contribution is -1.85. The highest BCUT2D eigenvalue weighted by molar-refractivity contribution is 5.57. The molecule has 5 nitrogen and oxygen atoms in total. The molecule has 0 aliphatic heterocycles. The van der Waals surface area contributed by atoms with Crippen LogP contribution < -0.4 is 0 Å². The van der Waals surface area contributed by atoms with Gasteiger partial charge in [0.25, 0.3) is 5.89 Å². The topological polar surface area (TPSA) is 65.0 Å². The van der Waals surface area contributed by atoms with Gasteiger partial charge in [0.05, 0.1) is 5.56 Å². The number of halogens is 1. The van der Waals surface area contributed by atoms with Crippen molar-refractivity contribution in [1.29, 1.82) is 0 Å². The van der Waals surface area contributed by atoms with Crippen molar-refractivity contribution in [3.8, 4) is 23.0 Å². The molecule has 0 unspecified atom stereocenters. The molecule has 3 aromatic rings. The van der Waals surface area contributed by atoms with Crippen LogP contribution in [0.15, 0.2) is 39.5 Å². The molecule has 90 valence electrons. The van der Waals surface area contributed by atoms with Gasteiger partial charge < -0.3 is 8.94 Å². The van der Waals surface area contributed by atoms with E-state index in [1.807, 2.05) is 0 Å². The number of benzene rings is 1. The highest BCUT2D eigenvalue weighted by Crippen LogP contribution is 2.23. The molecular weight excluding hydrogens is 237 g/mol. The van der Waals surface area contributed by atoms with Crippen LogP contribution in [0.25, 0.3) is 23.0 Å². The first-order valence-electron chi connectivity index (χ1n) is 5.25. The summed E-state index contributed by atoms with van der Waals surface area (Å²) < 4.78 is 23.6. The Balaban J connectivity index is 2.02. The molecule has 0 atom stereocenters. The summed E-state index contributed by atoms with van der Waals surface area (Å²) in [6.45, 7) is 1.71. The second-order valence-electron chi connectivity index (χ2n) is 3.65. The average Bonchev–Trinajstić information content (AvgIpc) is 2.98. The summed E-state index contributed by atoms with van der Waals surface area (Å²) in [5.41, 5.74) is 0.718. The first-order valence-corrected chi connectivity index (χ1v) is 5.25. The molecule has 0 aliphatic rings. The smallest absolute Gasteiger partial charge is 0.280 e. The van der Waals surface area contributed by atoms with Gasteiger partial charge in [0.1, 0.15) is 12.1 Å². The summed E-state index contributed by atoms with van der Waals surface area (Å²) in [7, 11) is 0. The van der Waals surface area contributed by atoms with Crippen molar-refractivity contribution in [2.24, 2.45) is 0 Å². The van der Waals surface area contributed by atoms with Crippen LogP contribution in [0, 0.1) is 12.7 Å². The van der Waals surface area contributed by atoms with Gasteiger partial charge in [-0.15, -0.1) is 0 Å². The normalized spacial score (nSPS) is 10.8. The van der Waals surface area contributed by atoms with E-state index < -0.39 is 5.82 Å². The number of aromatic nitrogens is 3. The minimum Gasteiger partial charge on any atom is -0.448 e. The standard InChI is InChI=1S/C12H8FN3O2/c1-7-14-10(6-17-7)12-15-11(16-18-12)8-4-2-3-5-9(8)13/h2-6H,1H3. The third kappa shape index (κ3) is 1.77. The third-order valence-corrected chi connectivity index (χ3v) is 2.38. The zero-order chi connectivity index (χ0) is 12.5. The van der Waals surface area contributed by atoms with Crippen molar-refractivity contribution in [3.05, 3.63) is 42.2 Å². The van der Waals surface area contributed by atoms with E-state index in [4.69, 9.17) is 8.94 Å². The Labute approximate surface area is 101 Å². The largest absolute Gasteiger partial charge is 0.448 e. The Bertz CT molecular complexity index is 690. The first-order chi connectivity index (χ1) is 8.74. The molecule has 0 N–H and O–H groups in total. The quantitative estimate of drug-likeness (QED) is 0.694. The van der Waals surface area contributed by atoms with Gasteiger partial charge in [0.15, 0.2) is 11.6 Å². The van der Waals surface area contributed by atoms with Gasteiger partial charge in [-0.25, -0.2) is 9.37 Å². The fourth-order valence-corrected chi connectivity index (χ4v) is 1.54. The monoisotopic (exact) mass is 245 g/mol. The van der Waals surface area contributed by atoms with Crippen molar-refractivity contribution >= 4 is 0 Å². The van der Waals surface area contributed by atoms with Crippen LogP contribution in [-0.4, -0.2) is 15.1 Å². The molecule has 18 heavy (non-hydrogen) atoms. The Morgan fingerprint density at radius 1 is 1.17 bits per heavy atom. The van der Waals surface area contributed by atoms with Crippen LogP contribution in [0.2, 0.25) is 0 Å².